The fourth-order valence-corrected chi connectivity index (χ4v) is 6.60. The van der Waals surface area contributed by atoms with Gasteiger partial charge in [0, 0.05) is 34.4 Å². The quantitative estimate of drug-likeness (QED) is 0.181. The van der Waals surface area contributed by atoms with E-state index in [0.29, 0.717) is 27.7 Å². The summed E-state index contributed by atoms with van der Waals surface area (Å²) in [5.74, 6) is 0.528. The Labute approximate surface area is 232 Å². The molecule has 0 aromatic heterocycles. The van der Waals surface area contributed by atoms with Crippen LogP contribution in [-0.4, -0.2) is 32.6 Å². The summed E-state index contributed by atoms with van der Waals surface area (Å²) in [7, 11) is 1.71. The molecule has 3 rings (SSSR count). The largest absolute Gasteiger partial charge is 0.496 e. The average molecular weight is 550 g/mol. The smallest absolute Gasteiger partial charge is 0.459 e. The van der Waals surface area contributed by atoms with Crippen molar-refractivity contribution in [2.24, 2.45) is 0 Å². The van der Waals surface area contributed by atoms with E-state index < -0.39 is 13.3 Å². The summed E-state index contributed by atoms with van der Waals surface area (Å²) in [6.45, 7) is 12.0. The summed E-state index contributed by atoms with van der Waals surface area (Å²) in [5.41, 5.74) is 2.86. The second-order valence-corrected chi connectivity index (χ2v) is 11.8. The van der Waals surface area contributed by atoms with Crippen LogP contribution in [0.1, 0.15) is 102 Å². The Bertz CT molecular complexity index is 1360. The maximum Gasteiger partial charge on any atom is 0.459 e. The minimum absolute atomic E-state index is 0.0343. The van der Waals surface area contributed by atoms with Crippen LogP contribution in [0, 0.1) is 0 Å². The van der Waals surface area contributed by atoms with E-state index in [4.69, 9.17) is 14.2 Å². The predicted octanol–water partition coefficient (Wildman–Crippen LogP) is 7.61. The number of hydrogen-bond donors (Lipinski definition) is 0. The highest BCUT2D eigenvalue weighted by atomic mass is 31.1. The lowest BCUT2D eigenvalue weighted by Crippen LogP contribution is -2.25. The van der Waals surface area contributed by atoms with Crippen molar-refractivity contribution in [3.8, 4) is 17.2 Å². The Balaban J connectivity index is 2.40. The van der Waals surface area contributed by atoms with Crippen LogP contribution in [0.4, 0.5) is 0 Å². The zero-order chi connectivity index (χ0) is 29.0. The van der Waals surface area contributed by atoms with Crippen molar-refractivity contribution in [3.05, 3.63) is 81.9 Å². The Kier molecular flexibility index (Phi) is 9.68. The highest BCUT2D eigenvalue weighted by Gasteiger charge is 2.44. The zero-order valence-electron chi connectivity index (χ0n) is 24.2. The molecule has 0 radical (unpaired) electrons. The van der Waals surface area contributed by atoms with Crippen molar-refractivity contribution in [2.75, 3.05) is 21.3 Å². The minimum Gasteiger partial charge on any atom is -0.496 e. The van der Waals surface area contributed by atoms with Gasteiger partial charge in [0.1, 0.15) is 17.2 Å². The molecule has 0 bridgehead atoms. The van der Waals surface area contributed by atoms with Gasteiger partial charge in [0.25, 0.3) is 0 Å². The maximum atomic E-state index is 14.4. The van der Waals surface area contributed by atoms with Crippen LogP contribution in [0.25, 0.3) is 0 Å². The molecule has 0 saturated heterocycles. The number of ether oxygens (including phenoxy) is 3. The van der Waals surface area contributed by atoms with Crippen molar-refractivity contribution in [3.63, 3.8) is 0 Å². The molecule has 1 atom stereocenters. The molecule has 7 heteroatoms. The van der Waals surface area contributed by atoms with Gasteiger partial charge in [0.05, 0.1) is 21.3 Å². The number of ketones is 1. The first-order chi connectivity index (χ1) is 18.5. The topological polar surface area (TPSA) is 78.9 Å². The van der Waals surface area contributed by atoms with Gasteiger partial charge < -0.3 is 14.2 Å². The third-order valence-corrected chi connectivity index (χ3v) is 8.30. The van der Waals surface area contributed by atoms with Crippen LogP contribution in [0.2, 0.25) is 0 Å². The lowest BCUT2D eigenvalue weighted by molar-refractivity contribution is 0.103. The van der Waals surface area contributed by atoms with Gasteiger partial charge in [-0.1, -0.05) is 76.4 Å². The molecule has 0 saturated carbocycles. The number of carbonyl (C=O) groups excluding carboxylic acids is 2. The van der Waals surface area contributed by atoms with Crippen molar-refractivity contribution in [1.82, 2.24) is 0 Å². The average Bonchev–Trinajstić information content (AvgIpc) is 2.94. The molecule has 3 aromatic rings. The molecule has 0 spiro atoms. The number of rotatable bonds is 11. The number of methoxy groups -OCH3 is 3. The number of carbonyl (C=O) groups is 2. The van der Waals surface area contributed by atoms with E-state index in [1.54, 1.807) is 24.3 Å². The SMILES string of the molecule is COc1cc(OC)c(C(=O)[P+](=O)c2c(C(C)C)cc(C(C)C)c(C(=O)c3ccccc3)c2C(C)C)c(OC)c1. The molecular formula is C32H38O6P+. The van der Waals surface area contributed by atoms with E-state index in [1.165, 1.54) is 21.3 Å². The third-order valence-electron chi connectivity index (χ3n) is 6.80. The van der Waals surface area contributed by atoms with E-state index in [0.717, 1.165) is 11.1 Å². The first kappa shape index (κ1) is 30.0. The van der Waals surface area contributed by atoms with Gasteiger partial charge in [-0.15, -0.1) is 0 Å². The Morgan fingerprint density at radius 2 is 1.23 bits per heavy atom. The molecule has 0 aliphatic carbocycles. The molecule has 0 aliphatic rings. The number of hydrogen-bond acceptors (Lipinski definition) is 6. The normalized spacial score (nSPS) is 11.6. The summed E-state index contributed by atoms with van der Waals surface area (Å²) in [5, 5.41) is 0.420. The van der Waals surface area contributed by atoms with E-state index in [2.05, 4.69) is 0 Å². The first-order valence-electron chi connectivity index (χ1n) is 13.1. The molecule has 1 unspecified atom stereocenters. The predicted molar refractivity (Wildman–Crippen MR) is 156 cm³/mol. The van der Waals surface area contributed by atoms with Crippen molar-refractivity contribution < 1.29 is 28.4 Å². The van der Waals surface area contributed by atoms with Crippen LogP contribution in [0.15, 0.2) is 48.5 Å². The highest BCUT2D eigenvalue weighted by Crippen LogP contribution is 2.44. The molecule has 39 heavy (non-hydrogen) atoms. The van der Waals surface area contributed by atoms with E-state index in [9.17, 15) is 14.2 Å². The van der Waals surface area contributed by atoms with Crippen molar-refractivity contribution in [1.29, 1.82) is 0 Å². The van der Waals surface area contributed by atoms with Gasteiger partial charge in [-0.3, -0.25) is 4.79 Å². The number of benzene rings is 3. The molecule has 0 heterocycles. The van der Waals surface area contributed by atoms with Gasteiger partial charge >= 0.3 is 13.3 Å². The molecule has 0 fully saturated rings. The van der Waals surface area contributed by atoms with Gasteiger partial charge in [-0.25, -0.2) is 4.79 Å². The summed E-state index contributed by atoms with van der Waals surface area (Å²) >= 11 is 0. The first-order valence-corrected chi connectivity index (χ1v) is 14.4. The lowest BCUT2D eigenvalue weighted by atomic mass is 9.81. The fourth-order valence-electron chi connectivity index (χ4n) is 4.83. The Morgan fingerprint density at radius 1 is 0.692 bits per heavy atom. The zero-order valence-corrected chi connectivity index (χ0v) is 25.1. The molecule has 0 amide bonds. The van der Waals surface area contributed by atoms with E-state index in [-0.39, 0.29) is 40.6 Å². The molecule has 206 valence electrons. The van der Waals surface area contributed by atoms with Crippen LogP contribution < -0.4 is 19.5 Å². The second-order valence-electron chi connectivity index (χ2n) is 10.4. The van der Waals surface area contributed by atoms with Crippen LogP contribution in [0.3, 0.4) is 0 Å². The summed E-state index contributed by atoms with van der Waals surface area (Å²) in [6, 6.07) is 14.2. The fraction of sp³-hybridized carbons (Fsp3) is 0.375. The maximum absolute atomic E-state index is 14.4. The second kappa shape index (κ2) is 12.6. The Hall–Kier alpha value is -3.50. The van der Waals surface area contributed by atoms with Crippen molar-refractivity contribution in [2.45, 2.75) is 59.3 Å². The molecular weight excluding hydrogens is 511 g/mol. The molecule has 3 aromatic carbocycles. The third kappa shape index (κ3) is 5.91. The monoisotopic (exact) mass is 549 g/mol. The van der Waals surface area contributed by atoms with Crippen molar-refractivity contribution >= 4 is 24.4 Å². The Morgan fingerprint density at radius 3 is 1.67 bits per heavy atom. The van der Waals surface area contributed by atoms with Gasteiger partial charge in [0.2, 0.25) is 5.30 Å². The van der Waals surface area contributed by atoms with Gasteiger partial charge in [0.15, 0.2) is 11.3 Å². The molecule has 6 nitrogen and oxygen atoms in total. The van der Waals surface area contributed by atoms with Crippen LogP contribution >= 0.6 is 7.80 Å². The summed E-state index contributed by atoms with van der Waals surface area (Å²) in [4.78, 5) is 28.1. The molecule has 0 N–H and O–H groups in total. The van der Waals surface area contributed by atoms with E-state index >= 15 is 0 Å². The summed E-state index contributed by atoms with van der Waals surface area (Å²) < 4.78 is 30.7. The molecule has 0 aliphatic heterocycles. The van der Waals surface area contributed by atoms with E-state index in [1.807, 2.05) is 65.8 Å². The lowest BCUT2D eigenvalue weighted by Gasteiger charge is -2.23. The summed E-state index contributed by atoms with van der Waals surface area (Å²) in [6.07, 6.45) is 0. The van der Waals surface area contributed by atoms with Crippen LogP contribution in [-0.2, 0) is 4.57 Å². The van der Waals surface area contributed by atoms with Crippen LogP contribution in [0.5, 0.6) is 17.2 Å². The highest BCUT2D eigenvalue weighted by molar-refractivity contribution is 7.71. The minimum atomic E-state index is -2.66. The van der Waals surface area contributed by atoms with Gasteiger partial charge in [-0.2, -0.15) is 0 Å². The van der Waals surface area contributed by atoms with Gasteiger partial charge in [-0.05, 0) is 29.4 Å². The standard InChI is InChI=1S/C32H38O6P/c1-18(2)23-17-24(19(3)4)31(27(20(5)6)28(23)30(33)21-13-11-10-12-14-21)39(35)32(34)29-25(37-8)15-22(36-7)16-26(29)38-9/h10-20H,1-9H3/q+1.